The van der Waals surface area contributed by atoms with E-state index in [1.54, 1.807) is 11.3 Å². The summed E-state index contributed by atoms with van der Waals surface area (Å²) in [6.07, 6.45) is 7.46. The summed E-state index contributed by atoms with van der Waals surface area (Å²) in [6, 6.07) is 6.89. The van der Waals surface area contributed by atoms with Gasteiger partial charge in [0.15, 0.2) is 5.13 Å². The van der Waals surface area contributed by atoms with Crippen LogP contribution in [0.25, 0.3) is 10.2 Å². The van der Waals surface area contributed by atoms with Crippen LogP contribution in [0.1, 0.15) is 25.7 Å². The molecule has 19 heavy (non-hydrogen) atoms. The minimum atomic E-state index is 0.593. The monoisotopic (exact) mass is 356 g/mol. The molecule has 2 aromatic rings. The molecular formula is C14H17BrN2S2. The number of nitrogens with one attached hydrogen (secondary N) is 1. The van der Waals surface area contributed by atoms with Crippen molar-refractivity contribution in [2.45, 2.75) is 37.0 Å². The molecule has 1 aliphatic carbocycles. The van der Waals surface area contributed by atoms with Gasteiger partial charge in [0.25, 0.3) is 0 Å². The van der Waals surface area contributed by atoms with Gasteiger partial charge in [0.2, 0.25) is 0 Å². The molecule has 2 atom stereocenters. The van der Waals surface area contributed by atoms with Crippen molar-refractivity contribution in [2.75, 3.05) is 11.6 Å². The van der Waals surface area contributed by atoms with E-state index in [4.69, 9.17) is 0 Å². The predicted octanol–water partition coefficient (Wildman–Crippen LogP) is 5.14. The fourth-order valence-electron chi connectivity index (χ4n) is 2.63. The van der Waals surface area contributed by atoms with Crippen molar-refractivity contribution in [3.63, 3.8) is 0 Å². The number of aromatic nitrogens is 1. The summed E-state index contributed by atoms with van der Waals surface area (Å²) in [5, 5.41) is 5.52. The van der Waals surface area contributed by atoms with Gasteiger partial charge in [0.1, 0.15) is 0 Å². The first-order valence-corrected chi connectivity index (χ1v) is 9.50. The van der Waals surface area contributed by atoms with Crippen LogP contribution in [-0.2, 0) is 0 Å². The minimum Gasteiger partial charge on any atom is -0.359 e. The van der Waals surface area contributed by atoms with Crippen molar-refractivity contribution >= 4 is 54.4 Å². The number of fused-ring (bicyclic) bond motifs is 1. The summed E-state index contributed by atoms with van der Waals surface area (Å²) in [7, 11) is 0. The number of halogens is 1. The number of hydrogen-bond donors (Lipinski definition) is 1. The summed E-state index contributed by atoms with van der Waals surface area (Å²) >= 11 is 7.26. The van der Waals surface area contributed by atoms with E-state index in [1.807, 2.05) is 11.8 Å². The molecule has 1 N–H and O–H groups in total. The summed E-state index contributed by atoms with van der Waals surface area (Å²) in [6.45, 7) is 0. The highest BCUT2D eigenvalue weighted by atomic mass is 79.9. The number of anilines is 1. The van der Waals surface area contributed by atoms with Gasteiger partial charge in [-0.05, 0) is 43.7 Å². The average molecular weight is 357 g/mol. The molecular weight excluding hydrogens is 340 g/mol. The maximum atomic E-state index is 4.69. The Morgan fingerprint density at radius 2 is 2.32 bits per heavy atom. The van der Waals surface area contributed by atoms with Crippen LogP contribution in [0.15, 0.2) is 22.7 Å². The third-order valence-corrected chi connectivity index (χ3v) is 6.19. The van der Waals surface area contributed by atoms with E-state index >= 15 is 0 Å². The van der Waals surface area contributed by atoms with Crippen LogP contribution in [0.2, 0.25) is 0 Å². The standard InChI is InChI=1S/C14H17BrN2S2/c1-18-11-4-2-3-10(8-11)16-14-17-12-7-9(15)5-6-13(12)19-14/h5-7,10-11H,2-4,8H2,1H3,(H,16,17). The van der Waals surface area contributed by atoms with E-state index in [-0.39, 0.29) is 0 Å². The molecule has 1 fully saturated rings. The average Bonchev–Trinajstić information content (AvgIpc) is 2.80. The molecule has 5 heteroatoms. The molecule has 0 radical (unpaired) electrons. The maximum Gasteiger partial charge on any atom is 0.184 e. The number of thioether (sulfide) groups is 1. The first-order valence-electron chi connectivity index (χ1n) is 6.60. The molecule has 1 saturated carbocycles. The smallest absolute Gasteiger partial charge is 0.184 e. The van der Waals surface area contributed by atoms with Crippen molar-refractivity contribution in [3.8, 4) is 0 Å². The molecule has 1 aromatic carbocycles. The van der Waals surface area contributed by atoms with Crippen molar-refractivity contribution in [1.29, 1.82) is 0 Å². The molecule has 3 rings (SSSR count). The first kappa shape index (κ1) is 13.7. The lowest BCUT2D eigenvalue weighted by molar-refractivity contribution is 0.473. The Labute approximate surface area is 130 Å². The maximum absolute atomic E-state index is 4.69. The molecule has 0 aliphatic heterocycles. The van der Waals surface area contributed by atoms with Gasteiger partial charge in [-0.2, -0.15) is 11.8 Å². The summed E-state index contributed by atoms with van der Waals surface area (Å²) in [5.41, 5.74) is 1.08. The molecule has 2 unspecified atom stereocenters. The normalized spacial score (nSPS) is 23.7. The lowest BCUT2D eigenvalue weighted by atomic mass is 9.95. The molecule has 1 aliphatic rings. The Bertz CT molecular complexity index is 570. The molecule has 0 spiro atoms. The highest BCUT2D eigenvalue weighted by molar-refractivity contribution is 9.10. The minimum absolute atomic E-state index is 0.593. The van der Waals surface area contributed by atoms with Crippen LogP contribution in [0.3, 0.4) is 0 Å². The largest absolute Gasteiger partial charge is 0.359 e. The van der Waals surface area contributed by atoms with Crippen LogP contribution in [0.5, 0.6) is 0 Å². The Morgan fingerprint density at radius 3 is 3.16 bits per heavy atom. The van der Waals surface area contributed by atoms with Gasteiger partial charge < -0.3 is 5.32 Å². The molecule has 1 aromatic heterocycles. The Morgan fingerprint density at radius 1 is 1.42 bits per heavy atom. The number of hydrogen-bond acceptors (Lipinski definition) is 4. The summed E-state index contributed by atoms with van der Waals surface area (Å²) < 4.78 is 2.35. The molecule has 0 amide bonds. The van der Waals surface area contributed by atoms with Gasteiger partial charge >= 0.3 is 0 Å². The lowest BCUT2D eigenvalue weighted by Crippen LogP contribution is -2.28. The number of thiazole rings is 1. The number of rotatable bonds is 3. The van der Waals surface area contributed by atoms with Gasteiger partial charge in [-0.25, -0.2) is 4.98 Å². The third kappa shape index (κ3) is 3.26. The van der Waals surface area contributed by atoms with E-state index in [2.05, 4.69) is 50.7 Å². The van der Waals surface area contributed by atoms with Gasteiger partial charge in [0, 0.05) is 15.8 Å². The van der Waals surface area contributed by atoms with Crippen LogP contribution in [0, 0.1) is 0 Å². The zero-order valence-electron chi connectivity index (χ0n) is 10.9. The quantitative estimate of drug-likeness (QED) is 0.823. The van der Waals surface area contributed by atoms with E-state index in [0.29, 0.717) is 6.04 Å². The van der Waals surface area contributed by atoms with Gasteiger partial charge in [-0.3, -0.25) is 0 Å². The third-order valence-electron chi connectivity index (χ3n) is 3.64. The van der Waals surface area contributed by atoms with Crippen LogP contribution < -0.4 is 5.32 Å². The second-order valence-electron chi connectivity index (χ2n) is 5.00. The van der Waals surface area contributed by atoms with Crippen LogP contribution in [-0.4, -0.2) is 22.5 Å². The fraction of sp³-hybridized carbons (Fsp3) is 0.500. The second-order valence-corrected chi connectivity index (χ2v) is 8.08. The van der Waals surface area contributed by atoms with Crippen molar-refractivity contribution in [1.82, 2.24) is 4.98 Å². The van der Waals surface area contributed by atoms with Gasteiger partial charge in [-0.15, -0.1) is 0 Å². The molecule has 2 nitrogen and oxygen atoms in total. The van der Waals surface area contributed by atoms with Crippen LogP contribution >= 0.6 is 39.0 Å². The Hall–Kier alpha value is -0.260. The fourth-order valence-corrected chi connectivity index (χ4v) is 4.73. The topological polar surface area (TPSA) is 24.9 Å². The van der Waals surface area contributed by atoms with E-state index in [9.17, 15) is 0 Å². The first-order chi connectivity index (χ1) is 9.24. The highest BCUT2D eigenvalue weighted by Gasteiger charge is 2.21. The zero-order valence-corrected chi connectivity index (χ0v) is 14.1. The van der Waals surface area contributed by atoms with Crippen LogP contribution in [0.4, 0.5) is 5.13 Å². The van der Waals surface area contributed by atoms with E-state index < -0.39 is 0 Å². The SMILES string of the molecule is CSC1CCCC(Nc2nc3cc(Br)ccc3s2)C1. The molecule has 102 valence electrons. The second kappa shape index (κ2) is 6.02. The van der Waals surface area contributed by atoms with E-state index in [1.165, 1.54) is 30.4 Å². The van der Waals surface area contributed by atoms with Crippen molar-refractivity contribution in [3.05, 3.63) is 22.7 Å². The summed E-state index contributed by atoms with van der Waals surface area (Å²) in [5.74, 6) is 0. The lowest BCUT2D eigenvalue weighted by Gasteiger charge is -2.28. The van der Waals surface area contributed by atoms with Crippen molar-refractivity contribution in [2.24, 2.45) is 0 Å². The van der Waals surface area contributed by atoms with E-state index in [0.717, 1.165) is 20.4 Å². The zero-order chi connectivity index (χ0) is 13.2. The molecule has 1 heterocycles. The van der Waals surface area contributed by atoms with Crippen molar-refractivity contribution < 1.29 is 0 Å². The highest BCUT2D eigenvalue weighted by Crippen LogP contribution is 2.32. The molecule has 0 saturated heterocycles. The molecule has 0 bridgehead atoms. The number of nitrogens with zero attached hydrogens (tertiary/aromatic N) is 1. The Kier molecular flexibility index (Phi) is 4.34. The van der Waals surface area contributed by atoms with Gasteiger partial charge in [0.05, 0.1) is 10.2 Å². The van der Waals surface area contributed by atoms with Gasteiger partial charge in [-0.1, -0.05) is 33.7 Å². The Balaban J connectivity index is 1.74. The summed E-state index contributed by atoms with van der Waals surface area (Å²) in [4.78, 5) is 4.69. The predicted molar refractivity (Wildman–Crippen MR) is 90.5 cm³/mol. The number of benzene rings is 1.